The zero-order valence-electron chi connectivity index (χ0n) is 17.4. The minimum Gasteiger partial charge on any atom is -0.465 e. The number of fused-ring (bicyclic) bond motifs is 5. The van der Waals surface area contributed by atoms with Gasteiger partial charge in [-0.05, 0) is 50.3 Å². The molecule has 1 unspecified atom stereocenters. The third kappa shape index (κ3) is 3.72. The highest BCUT2D eigenvalue weighted by Crippen LogP contribution is 2.42. The summed E-state index contributed by atoms with van der Waals surface area (Å²) in [4.78, 5) is 32.4. The molecule has 0 saturated heterocycles. The lowest BCUT2D eigenvalue weighted by atomic mass is 9.90. The number of carbonyl (C=O) groups excluding carboxylic acids is 1. The molecule has 1 aliphatic carbocycles. The number of aryl methyl sites for hydroxylation is 2. The molecule has 30 heavy (non-hydrogen) atoms. The molecule has 0 bridgehead atoms. The van der Waals surface area contributed by atoms with E-state index < -0.39 is 5.25 Å². The monoisotopic (exact) mass is 440 g/mol. The van der Waals surface area contributed by atoms with Crippen molar-refractivity contribution < 1.29 is 9.53 Å². The van der Waals surface area contributed by atoms with Gasteiger partial charge in [0.05, 0.1) is 12.0 Å². The summed E-state index contributed by atoms with van der Waals surface area (Å²) in [6.45, 7) is 10.1. The molecular weight excluding hydrogens is 416 g/mol. The summed E-state index contributed by atoms with van der Waals surface area (Å²) in [7, 11) is 0. The van der Waals surface area contributed by atoms with Gasteiger partial charge in [0.1, 0.15) is 10.1 Å². The van der Waals surface area contributed by atoms with Gasteiger partial charge in [-0.2, -0.15) is 0 Å². The fourth-order valence-corrected chi connectivity index (χ4v) is 5.99. The minimum atomic E-state index is -0.457. The number of nitrogens with zero attached hydrogens (tertiary/aromatic N) is 2. The van der Waals surface area contributed by atoms with Crippen molar-refractivity contribution >= 4 is 39.3 Å². The van der Waals surface area contributed by atoms with E-state index in [0.29, 0.717) is 23.7 Å². The number of rotatable bonds is 6. The van der Waals surface area contributed by atoms with Crippen molar-refractivity contribution in [3.05, 3.63) is 57.9 Å². The zero-order chi connectivity index (χ0) is 21.4. The molecule has 0 aliphatic heterocycles. The van der Waals surface area contributed by atoms with E-state index in [0.717, 1.165) is 33.7 Å². The summed E-state index contributed by atoms with van der Waals surface area (Å²) >= 11 is 2.83. The van der Waals surface area contributed by atoms with E-state index >= 15 is 0 Å². The van der Waals surface area contributed by atoms with Gasteiger partial charge in [0, 0.05) is 11.4 Å². The molecule has 0 amide bonds. The van der Waals surface area contributed by atoms with E-state index in [2.05, 4.69) is 24.8 Å². The Morgan fingerprint density at radius 1 is 1.37 bits per heavy atom. The van der Waals surface area contributed by atoms with Gasteiger partial charge in [-0.15, -0.1) is 11.3 Å². The second kappa shape index (κ2) is 8.40. The summed E-state index contributed by atoms with van der Waals surface area (Å²) in [5.74, 6) is -0.307. The molecule has 0 saturated carbocycles. The first-order valence-corrected chi connectivity index (χ1v) is 11.7. The second-order valence-electron chi connectivity index (χ2n) is 7.50. The predicted octanol–water partition coefficient (Wildman–Crippen LogP) is 4.84. The first-order valence-electron chi connectivity index (χ1n) is 10.0. The van der Waals surface area contributed by atoms with E-state index in [1.807, 2.05) is 13.0 Å². The number of benzene rings is 1. The summed E-state index contributed by atoms with van der Waals surface area (Å²) in [5, 5.41) is 0.780. The van der Waals surface area contributed by atoms with Gasteiger partial charge in [0.15, 0.2) is 5.16 Å². The number of allylic oxidation sites excluding steroid dienone is 1. The van der Waals surface area contributed by atoms with Crippen molar-refractivity contribution in [2.45, 2.75) is 50.6 Å². The molecule has 1 atom stereocenters. The van der Waals surface area contributed by atoms with Crippen LogP contribution in [0.3, 0.4) is 0 Å². The zero-order valence-corrected chi connectivity index (χ0v) is 19.0. The van der Waals surface area contributed by atoms with E-state index in [-0.39, 0.29) is 11.5 Å². The largest absolute Gasteiger partial charge is 0.465 e. The lowest BCUT2D eigenvalue weighted by Gasteiger charge is -2.17. The van der Waals surface area contributed by atoms with Crippen molar-refractivity contribution in [2.24, 2.45) is 0 Å². The molecule has 0 spiro atoms. The lowest BCUT2D eigenvalue weighted by Crippen LogP contribution is -2.26. The lowest BCUT2D eigenvalue weighted by molar-refractivity contribution is -0.142. The molecule has 0 N–H and O–H groups in total. The quantitative estimate of drug-likeness (QED) is 0.237. The third-order valence-electron chi connectivity index (χ3n) is 5.11. The molecule has 7 heteroatoms. The molecule has 0 fully saturated rings. The Kier molecular flexibility index (Phi) is 5.84. The predicted molar refractivity (Wildman–Crippen MR) is 123 cm³/mol. The van der Waals surface area contributed by atoms with Crippen LogP contribution in [0.4, 0.5) is 0 Å². The van der Waals surface area contributed by atoms with E-state index in [1.54, 1.807) is 29.8 Å². The molecule has 1 aromatic carbocycles. The second-order valence-corrected chi connectivity index (χ2v) is 9.81. The van der Waals surface area contributed by atoms with Crippen LogP contribution in [0, 0.1) is 0 Å². The smallest absolute Gasteiger partial charge is 0.319 e. The van der Waals surface area contributed by atoms with E-state index in [9.17, 15) is 9.59 Å². The minimum absolute atomic E-state index is 0.0570. The number of carbonyl (C=O) groups is 1. The Morgan fingerprint density at radius 3 is 2.87 bits per heavy atom. The summed E-state index contributed by atoms with van der Waals surface area (Å²) in [6, 6.07) is 8.36. The van der Waals surface area contributed by atoms with Crippen LogP contribution in [0.15, 0.2) is 46.4 Å². The van der Waals surface area contributed by atoms with Crippen LogP contribution < -0.4 is 5.56 Å². The van der Waals surface area contributed by atoms with Gasteiger partial charge in [-0.3, -0.25) is 14.2 Å². The first kappa shape index (κ1) is 20.9. The standard InChI is InChI=1S/C23H24N2O3S2/c1-5-28-22(27)14(4)29-23-24-20-18(21(26)25(23)12-13(2)3)17-11-10-15-8-6-7-9-16(15)19(17)30-20/h6-9,14H,2,5,10-12H2,1,3-4H3. The van der Waals surface area contributed by atoms with E-state index in [4.69, 9.17) is 9.72 Å². The van der Waals surface area contributed by atoms with Crippen LogP contribution in [-0.2, 0) is 28.9 Å². The van der Waals surface area contributed by atoms with Gasteiger partial charge in [-0.25, -0.2) is 4.98 Å². The molecule has 3 aromatic rings. The SMILES string of the molecule is C=C(C)Cn1c(SC(C)C(=O)OCC)nc2sc3c(c2c1=O)CCc1ccccc1-3. The Bertz CT molecular complexity index is 1210. The Labute approximate surface area is 183 Å². The van der Waals surface area contributed by atoms with Crippen molar-refractivity contribution in [3.63, 3.8) is 0 Å². The number of thiophene rings is 1. The fourth-order valence-electron chi connectivity index (χ4n) is 3.76. The number of esters is 1. The number of hydrogen-bond donors (Lipinski definition) is 0. The number of hydrogen-bond acceptors (Lipinski definition) is 6. The third-order valence-corrected chi connectivity index (χ3v) is 7.34. The van der Waals surface area contributed by atoms with Crippen LogP contribution in [-0.4, -0.2) is 27.4 Å². The topological polar surface area (TPSA) is 61.2 Å². The first-order chi connectivity index (χ1) is 14.4. The molecule has 156 valence electrons. The van der Waals surface area contributed by atoms with Crippen LogP contribution in [0.5, 0.6) is 0 Å². The highest BCUT2D eigenvalue weighted by molar-refractivity contribution is 8.00. The van der Waals surface area contributed by atoms with Crippen LogP contribution in [0.1, 0.15) is 31.9 Å². The van der Waals surface area contributed by atoms with Crippen LogP contribution >= 0.6 is 23.1 Å². The normalized spacial score (nSPS) is 13.6. The van der Waals surface area contributed by atoms with E-state index in [1.165, 1.54) is 22.9 Å². The maximum absolute atomic E-state index is 13.6. The summed E-state index contributed by atoms with van der Waals surface area (Å²) in [6.07, 6.45) is 1.76. The maximum atomic E-state index is 13.6. The van der Waals surface area contributed by atoms with Gasteiger partial charge in [0.2, 0.25) is 0 Å². The molecule has 5 nitrogen and oxygen atoms in total. The highest BCUT2D eigenvalue weighted by atomic mass is 32.2. The molecule has 1 aliphatic rings. The summed E-state index contributed by atoms with van der Waals surface area (Å²) in [5.41, 5.74) is 4.40. The maximum Gasteiger partial charge on any atom is 0.319 e. The van der Waals surface area contributed by atoms with Crippen LogP contribution in [0.2, 0.25) is 0 Å². The molecule has 0 radical (unpaired) electrons. The van der Waals surface area contributed by atoms with Crippen molar-refractivity contribution in [1.29, 1.82) is 0 Å². The Morgan fingerprint density at radius 2 is 2.13 bits per heavy atom. The molecule has 4 rings (SSSR count). The number of aromatic nitrogens is 2. The van der Waals surface area contributed by atoms with Crippen molar-refractivity contribution in [2.75, 3.05) is 6.61 Å². The summed E-state index contributed by atoms with van der Waals surface area (Å²) < 4.78 is 6.78. The average molecular weight is 441 g/mol. The van der Waals surface area contributed by atoms with Crippen LogP contribution in [0.25, 0.3) is 20.7 Å². The van der Waals surface area contributed by atoms with Gasteiger partial charge < -0.3 is 4.74 Å². The highest BCUT2D eigenvalue weighted by Gasteiger charge is 2.26. The number of thioether (sulfide) groups is 1. The molecule has 2 aromatic heterocycles. The van der Waals surface area contributed by atoms with Gasteiger partial charge >= 0.3 is 5.97 Å². The molecule has 2 heterocycles. The van der Waals surface area contributed by atoms with Crippen molar-refractivity contribution in [3.8, 4) is 10.4 Å². The fraction of sp³-hybridized carbons (Fsp3) is 0.348. The Balaban J connectivity index is 1.88. The Hall–Kier alpha value is -2.38. The van der Waals surface area contributed by atoms with Gasteiger partial charge in [0.25, 0.3) is 5.56 Å². The number of ether oxygens (including phenoxy) is 1. The molecular formula is C23H24N2O3S2. The van der Waals surface area contributed by atoms with Crippen molar-refractivity contribution in [1.82, 2.24) is 9.55 Å². The average Bonchev–Trinajstić information content (AvgIpc) is 3.09. The van der Waals surface area contributed by atoms with Gasteiger partial charge in [-0.1, -0.05) is 48.2 Å².